The van der Waals surface area contributed by atoms with Gasteiger partial charge in [-0.05, 0) is 47.1 Å². The van der Waals surface area contributed by atoms with Crippen molar-refractivity contribution in [3.8, 4) is 22.8 Å². The van der Waals surface area contributed by atoms with Crippen LogP contribution < -0.4 is 15.9 Å². The fraction of sp³-hybridized carbons (Fsp3) is 0.100. The maximum absolute atomic E-state index is 13.1. The summed E-state index contributed by atoms with van der Waals surface area (Å²) in [6, 6.07) is 12.7. The molecule has 0 unspecified atom stereocenters. The topological polar surface area (TPSA) is 146 Å². The number of ether oxygens (including phenoxy) is 1. The highest BCUT2D eigenvalue weighted by atomic mass is 19.1. The number of nitrogen functional groups attached to an aromatic ring is 1. The fourth-order valence-corrected chi connectivity index (χ4v) is 2.89. The molecule has 0 aliphatic heterocycles. The van der Waals surface area contributed by atoms with Crippen LogP contribution in [0.4, 0.5) is 10.2 Å². The normalized spacial score (nSPS) is 11.4. The second kappa shape index (κ2) is 8.63. The van der Waals surface area contributed by atoms with Crippen LogP contribution in [0, 0.1) is 5.82 Å². The molecule has 2 aromatic carbocycles. The Morgan fingerprint density at radius 1 is 1.22 bits per heavy atom. The van der Waals surface area contributed by atoms with E-state index in [2.05, 4.69) is 35.8 Å². The van der Waals surface area contributed by atoms with Crippen molar-refractivity contribution in [3.05, 3.63) is 65.6 Å². The summed E-state index contributed by atoms with van der Waals surface area (Å²) in [4.78, 5) is 12.9. The monoisotopic (exact) mass is 436 g/mol. The Labute approximate surface area is 180 Å². The predicted molar refractivity (Wildman–Crippen MR) is 112 cm³/mol. The average molecular weight is 436 g/mol. The number of nitrogens with two attached hydrogens (primary N) is 1. The number of nitrogens with one attached hydrogen (secondary N) is 1. The van der Waals surface area contributed by atoms with Crippen molar-refractivity contribution in [3.63, 3.8) is 0 Å². The van der Waals surface area contributed by atoms with Gasteiger partial charge in [0.1, 0.15) is 17.3 Å². The van der Waals surface area contributed by atoms with Crippen molar-refractivity contribution in [2.45, 2.75) is 6.92 Å². The van der Waals surface area contributed by atoms with Crippen molar-refractivity contribution >= 4 is 17.4 Å². The third-order valence-corrected chi connectivity index (χ3v) is 4.51. The molecule has 0 spiro atoms. The number of hydrogen-bond donors (Lipinski definition) is 2. The van der Waals surface area contributed by atoms with Gasteiger partial charge in [0.25, 0.3) is 5.91 Å². The number of aromatic nitrogens is 5. The second-order valence-corrected chi connectivity index (χ2v) is 6.55. The van der Waals surface area contributed by atoms with Gasteiger partial charge in [0.2, 0.25) is 11.6 Å². The first kappa shape index (κ1) is 20.7. The van der Waals surface area contributed by atoms with Crippen molar-refractivity contribution in [2.24, 2.45) is 5.10 Å². The molecular weight excluding hydrogens is 419 g/mol. The first-order chi connectivity index (χ1) is 15.5. The molecule has 0 saturated carbocycles. The molecule has 2 heterocycles. The molecule has 0 saturated heterocycles. The lowest BCUT2D eigenvalue weighted by Crippen LogP contribution is -2.21. The largest absolute Gasteiger partial charge is 0.497 e. The summed E-state index contributed by atoms with van der Waals surface area (Å²) in [5.74, 6) is -0.410. The third kappa shape index (κ3) is 4.01. The van der Waals surface area contributed by atoms with E-state index in [1.165, 1.54) is 23.9 Å². The molecule has 4 rings (SSSR count). The van der Waals surface area contributed by atoms with Crippen LogP contribution in [0.5, 0.6) is 5.75 Å². The smallest absolute Gasteiger partial charge is 0.294 e. The van der Waals surface area contributed by atoms with E-state index in [0.717, 1.165) is 0 Å². The van der Waals surface area contributed by atoms with E-state index in [-0.39, 0.29) is 28.8 Å². The Morgan fingerprint density at radius 3 is 2.69 bits per heavy atom. The number of anilines is 1. The maximum Gasteiger partial charge on any atom is 0.294 e. The highest BCUT2D eigenvalue weighted by Gasteiger charge is 2.25. The number of benzene rings is 2. The molecule has 12 heteroatoms. The van der Waals surface area contributed by atoms with Crippen LogP contribution in [-0.2, 0) is 0 Å². The highest BCUT2D eigenvalue weighted by molar-refractivity contribution is 6.02. The van der Waals surface area contributed by atoms with Gasteiger partial charge in [-0.15, -0.1) is 5.10 Å². The molecule has 0 aliphatic carbocycles. The van der Waals surface area contributed by atoms with E-state index in [1.807, 2.05) is 0 Å². The van der Waals surface area contributed by atoms with E-state index in [4.69, 9.17) is 10.5 Å². The van der Waals surface area contributed by atoms with Gasteiger partial charge in [-0.2, -0.15) is 9.78 Å². The minimum atomic E-state index is -0.634. The molecular formula is C20H17FN8O3. The first-order valence-corrected chi connectivity index (χ1v) is 9.27. The molecule has 0 aliphatic rings. The van der Waals surface area contributed by atoms with Crippen LogP contribution in [-0.4, -0.2) is 44.0 Å². The van der Waals surface area contributed by atoms with Crippen molar-refractivity contribution in [2.75, 3.05) is 12.8 Å². The van der Waals surface area contributed by atoms with Crippen LogP contribution in [0.15, 0.2) is 58.3 Å². The van der Waals surface area contributed by atoms with E-state index < -0.39 is 5.91 Å². The summed E-state index contributed by atoms with van der Waals surface area (Å²) >= 11 is 0. The number of hydrogen-bond acceptors (Lipinski definition) is 9. The highest BCUT2D eigenvalue weighted by Crippen LogP contribution is 2.29. The van der Waals surface area contributed by atoms with Crippen LogP contribution in [0.1, 0.15) is 23.0 Å². The molecule has 4 aromatic rings. The van der Waals surface area contributed by atoms with Crippen LogP contribution in [0.3, 0.4) is 0 Å². The Balaban J connectivity index is 1.72. The van der Waals surface area contributed by atoms with Gasteiger partial charge < -0.3 is 10.5 Å². The number of halogens is 1. The van der Waals surface area contributed by atoms with Crippen LogP contribution in [0.25, 0.3) is 17.1 Å². The zero-order valence-corrected chi connectivity index (χ0v) is 17.0. The standard InChI is InChI=1S/C20H17FN8O3/c1-11(12-6-8-14(21)9-7-12)23-25-20(30)16-17(13-4-3-5-15(10-13)31-2)29(28-24-16)19-18(22)26-32-27-19/h3-10H,1-2H3,(H2,22,26)(H,25,30)/b23-11+. The lowest BCUT2D eigenvalue weighted by Gasteiger charge is -2.08. The summed E-state index contributed by atoms with van der Waals surface area (Å²) in [5.41, 5.74) is 10.1. The quantitative estimate of drug-likeness (QED) is 0.345. The lowest BCUT2D eigenvalue weighted by molar-refractivity contribution is 0.0950. The zero-order chi connectivity index (χ0) is 22.7. The van der Waals surface area contributed by atoms with Crippen LogP contribution >= 0.6 is 0 Å². The van der Waals surface area contributed by atoms with Crippen molar-refractivity contribution < 1.29 is 18.6 Å². The Morgan fingerprint density at radius 2 is 2.00 bits per heavy atom. The molecule has 1 amide bonds. The van der Waals surface area contributed by atoms with Gasteiger partial charge in [-0.3, -0.25) is 4.79 Å². The predicted octanol–water partition coefficient (Wildman–Crippen LogP) is 2.20. The van der Waals surface area contributed by atoms with Gasteiger partial charge in [0.15, 0.2) is 5.69 Å². The molecule has 32 heavy (non-hydrogen) atoms. The van der Waals surface area contributed by atoms with Gasteiger partial charge in [0.05, 0.1) is 12.8 Å². The first-order valence-electron chi connectivity index (χ1n) is 9.27. The van der Waals surface area contributed by atoms with Crippen LogP contribution in [0.2, 0.25) is 0 Å². The van der Waals surface area contributed by atoms with Gasteiger partial charge >= 0.3 is 0 Å². The number of nitrogens with zero attached hydrogens (tertiary/aromatic N) is 6. The molecule has 0 fully saturated rings. The van der Waals surface area contributed by atoms with Gasteiger partial charge in [0, 0.05) is 5.56 Å². The Kier molecular flexibility index (Phi) is 5.57. The number of hydrazone groups is 1. The summed E-state index contributed by atoms with van der Waals surface area (Å²) in [6.07, 6.45) is 0. The SMILES string of the molecule is COc1cccc(-c2c(C(=O)N/N=C(\C)c3ccc(F)cc3)nnn2-c2nonc2N)c1. The molecule has 0 radical (unpaired) electrons. The van der Waals surface area contributed by atoms with Gasteiger partial charge in [-0.1, -0.05) is 29.5 Å². The minimum Gasteiger partial charge on any atom is -0.497 e. The summed E-state index contributed by atoms with van der Waals surface area (Å²) in [7, 11) is 1.52. The molecule has 11 nitrogen and oxygen atoms in total. The second-order valence-electron chi connectivity index (χ2n) is 6.55. The third-order valence-electron chi connectivity index (χ3n) is 4.51. The Hall–Kier alpha value is -4.61. The Bertz CT molecular complexity index is 1300. The van der Waals surface area contributed by atoms with E-state index >= 15 is 0 Å². The number of methoxy groups -OCH3 is 1. The lowest BCUT2D eigenvalue weighted by atomic mass is 10.1. The summed E-state index contributed by atoms with van der Waals surface area (Å²) in [6.45, 7) is 1.68. The van der Waals surface area contributed by atoms with E-state index in [0.29, 0.717) is 22.6 Å². The summed E-state index contributed by atoms with van der Waals surface area (Å²) < 4.78 is 24.3. The molecule has 0 atom stereocenters. The average Bonchev–Trinajstić information content (AvgIpc) is 3.43. The molecule has 162 valence electrons. The minimum absolute atomic E-state index is 0.0313. The van der Waals surface area contributed by atoms with Crippen molar-refractivity contribution in [1.82, 2.24) is 30.7 Å². The van der Waals surface area contributed by atoms with E-state index in [1.54, 1.807) is 43.3 Å². The summed E-state index contributed by atoms with van der Waals surface area (Å²) in [5, 5.41) is 19.3. The zero-order valence-electron chi connectivity index (χ0n) is 17.0. The number of rotatable bonds is 6. The van der Waals surface area contributed by atoms with E-state index in [9.17, 15) is 9.18 Å². The number of carbonyl (C=O) groups excluding carboxylic acids is 1. The maximum atomic E-state index is 13.1. The number of carbonyl (C=O) groups is 1. The molecule has 0 bridgehead atoms. The number of amides is 1. The van der Waals surface area contributed by atoms with Crippen molar-refractivity contribution in [1.29, 1.82) is 0 Å². The van der Waals surface area contributed by atoms with Gasteiger partial charge in [-0.25, -0.2) is 14.4 Å². The fourth-order valence-electron chi connectivity index (χ4n) is 2.89. The molecule has 2 aromatic heterocycles. The molecule has 3 N–H and O–H groups in total.